The van der Waals surface area contributed by atoms with Gasteiger partial charge in [0.2, 0.25) is 0 Å². The van der Waals surface area contributed by atoms with Crippen molar-refractivity contribution in [3.05, 3.63) is 71.4 Å². The third-order valence-corrected chi connectivity index (χ3v) is 6.59. The van der Waals surface area contributed by atoms with Gasteiger partial charge in [0.15, 0.2) is 11.2 Å². The van der Waals surface area contributed by atoms with Gasteiger partial charge in [0.25, 0.3) is 0 Å². The summed E-state index contributed by atoms with van der Waals surface area (Å²) in [6.45, 7) is 2.44. The average molecular weight is 526 g/mol. The first-order chi connectivity index (χ1) is 18.0. The average Bonchev–Trinajstić information content (AvgIpc) is 3.28. The van der Waals surface area contributed by atoms with Crippen LogP contribution in [0.1, 0.15) is 30.3 Å². The molecule has 0 amide bonds. The Kier molecular flexibility index (Phi) is 5.99. The molecule has 1 aliphatic heterocycles. The molecule has 0 aliphatic carbocycles. The van der Waals surface area contributed by atoms with Crippen LogP contribution in [-0.4, -0.2) is 45.2 Å². The van der Waals surface area contributed by atoms with Crippen molar-refractivity contribution >= 4 is 16.9 Å². The number of aromatic nitrogens is 4. The van der Waals surface area contributed by atoms with Gasteiger partial charge < -0.3 is 14.8 Å². The van der Waals surface area contributed by atoms with Gasteiger partial charge in [-0.15, -0.1) is 0 Å². The van der Waals surface area contributed by atoms with E-state index >= 15 is 0 Å². The van der Waals surface area contributed by atoms with Gasteiger partial charge in [-0.05, 0) is 50.2 Å². The Morgan fingerprint density at radius 2 is 1.97 bits per heavy atom. The third kappa shape index (κ3) is 4.18. The summed E-state index contributed by atoms with van der Waals surface area (Å²) in [4.78, 5) is 8.71. The standard InChI is InChI=1S/C26H22F4N6O2/c1-15-34-22(19-12-33-36(23(19)35-15)18-6-4-5-16(9-18)11-31)32-14-25(26(28,29)30)13-24(2,38-25)20-10-17(27)7-8-21(20)37-3/h4-10,12H,13-14H2,1-3H3,(H,32,34,35). The number of fused-ring (bicyclic) bond motifs is 1. The number of aryl methyl sites for hydroxylation is 1. The number of hydrogen-bond acceptors (Lipinski definition) is 7. The third-order valence-electron chi connectivity index (χ3n) is 6.59. The summed E-state index contributed by atoms with van der Waals surface area (Å²) in [5.41, 5.74) is -2.43. The second-order valence-electron chi connectivity index (χ2n) is 9.28. The van der Waals surface area contributed by atoms with Crippen LogP contribution in [0.2, 0.25) is 0 Å². The molecule has 3 heterocycles. The Balaban J connectivity index is 1.46. The zero-order chi connectivity index (χ0) is 27.3. The summed E-state index contributed by atoms with van der Waals surface area (Å²) in [6, 6.07) is 12.4. The number of nitrogens with one attached hydrogen (secondary N) is 1. The van der Waals surface area contributed by atoms with E-state index in [1.54, 1.807) is 31.2 Å². The summed E-state index contributed by atoms with van der Waals surface area (Å²) >= 11 is 0. The zero-order valence-electron chi connectivity index (χ0n) is 20.6. The van der Waals surface area contributed by atoms with Crippen molar-refractivity contribution < 1.29 is 27.0 Å². The molecular weight excluding hydrogens is 504 g/mol. The highest BCUT2D eigenvalue weighted by Crippen LogP contribution is 2.57. The number of benzene rings is 2. The molecule has 5 rings (SSSR count). The minimum atomic E-state index is -4.73. The van der Waals surface area contributed by atoms with Crippen LogP contribution in [0.25, 0.3) is 16.7 Å². The van der Waals surface area contributed by atoms with Gasteiger partial charge in [-0.1, -0.05) is 6.07 Å². The topological polar surface area (TPSA) is 97.9 Å². The van der Waals surface area contributed by atoms with E-state index in [0.717, 1.165) is 6.07 Å². The Hall–Kier alpha value is -4.24. The summed E-state index contributed by atoms with van der Waals surface area (Å²) in [7, 11) is 1.36. The van der Waals surface area contributed by atoms with Crippen molar-refractivity contribution in [2.24, 2.45) is 0 Å². The molecule has 0 spiro atoms. The molecule has 1 aliphatic rings. The van der Waals surface area contributed by atoms with Crippen LogP contribution in [0, 0.1) is 24.1 Å². The van der Waals surface area contributed by atoms with Gasteiger partial charge in [0, 0.05) is 12.0 Å². The van der Waals surface area contributed by atoms with Crippen LogP contribution < -0.4 is 10.1 Å². The number of methoxy groups -OCH3 is 1. The second kappa shape index (κ2) is 8.95. The molecule has 1 saturated heterocycles. The van der Waals surface area contributed by atoms with Crippen LogP contribution in [0.3, 0.4) is 0 Å². The van der Waals surface area contributed by atoms with Crippen molar-refractivity contribution in [2.45, 2.75) is 37.6 Å². The predicted molar refractivity (Wildman–Crippen MR) is 129 cm³/mol. The van der Waals surface area contributed by atoms with Crippen LogP contribution in [0.4, 0.5) is 23.4 Å². The predicted octanol–water partition coefficient (Wildman–Crippen LogP) is 5.19. The van der Waals surface area contributed by atoms with Crippen molar-refractivity contribution in [2.75, 3.05) is 19.0 Å². The van der Waals surface area contributed by atoms with E-state index in [1.807, 2.05) is 0 Å². The SMILES string of the molecule is COc1ccc(F)cc1C1(C)CC(CNc2nc(C)nc3c2cnn3-c2cccc(C#N)c2)(C(F)(F)F)O1. The van der Waals surface area contributed by atoms with E-state index in [4.69, 9.17) is 9.47 Å². The second-order valence-corrected chi connectivity index (χ2v) is 9.28. The maximum Gasteiger partial charge on any atom is 0.419 e. The highest BCUT2D eigenvalue weighted by molar-refractivity contribution is 5.87. The van der Waals surface area contributed by atoms with Crippen molar-refractivity contribution in [3.63, 3.8) is 0 Å². The quantitative estimate of drug-likeness (QED) is 0.345. The molecule has 2 atom stereocenters. The molecule has 196 valence electrons. The smallest absolute Gasteiger partial charge is 0.419 e. The maximum absolute atomic E-state index is 14.3. The molecule has 38 heavy (non-hydrogen) atoms. The van der Waals surface area contributed by atoms with Gasteiger partial charge in [0.05, 0.1) is 48.2 Å². The Morgan fingerprint density at radius 3 is 2.66 bits per heavy atom. The number of anilines is 1. The van der Waals surface area contributed by atoms with E-state index in [2.05, 4.69) is 26.5 Å². The number of halogens is 4. The van der Waals surface area contributed by atoms with Gasteiger partial charge in [-0.25, -0.2) is 19.0 Å². The van der Waals surface area contributed by atoms with Crippen molar-refractivity contribution in [3.8, 4) is 17.5 Å². The van der Waals surface area contributed by atoms with E-state index in [0.29, 0.717) is 28.1 Å². The van der Waals surface area contributed by atoms with Gasteiger partial charge in [0.1, 0.15) is 23.2 Å². The molecule has 1 N–H and O–H groups in total. The maximum atomic E-state index is 14.3. The largest absolute Gasteiger partial charge is 0.496 e. The fraction of sp³-hybridized carbons (Fsp3) is 0.308. The summed E-state index contributed by atoms with van der Waals surface area (Å²) in [6.07, 6.45) is -3.76. The lowest BCUT2D eigenvalue weighted by Crippen LogP contribution is -2.67. The fourth-order valence-corrected chi connectivity index (χ4v) is 4.84. The normalized spacial score (nSPS) is 21.1. The number of rotatable bonds is 6. The minimum absolute atomic E-state index is 0.152. The van der Waals surface area contributed by atoms with Gasteiger partial charge >= 0.3 is 6.18 Å². The van der Waals surface area contributed by atoms with E-state index in [-0.39, 0.29) is 17.1 Å². The summed E-state index contributed by atoms with van der Waals surface area (Å²) < 4.78 is 69.2. The monoisotopic (exact) mass is 526 g/mol. The Morgan fingerprint density at radius 1 is 1.21 bits per heavy atom. The van der Waals surface area contributed by atoms with Gasteiger partial charge in [-0.2, -0.15) is 23.5 Å². The molecule has 12 heteroatoms. The Labute approximate surface area is 214 Å². The molecule has 0 bridgehead atoms. The molecule has 0 radical (unpaired) electrons. The molecule has 1 fully saturated rings. The fourth-order valence-electron chi connectivity index (χ4n) is 4.84. The lowest BCUT2D eigenvalue weighted by Gasteiger charge is -2.55. The Bertz CT molecular complexity index is 1570. The number of ether oxygens (including phenoxy) is 2. The number of alkyl halides is 3. The molecule has 2 aromatic carbocycles. The molecule has 2 unspecified atom stereocenters. The number of nitrogens with zero attached hydrogens (tertiary/aromatic N) is 5. The van der Waals surface area contributed by atoms with Crippen LogP contribution in [-0.2, 0) is 10.3 Å². The van der Waals surface area contributed by atoms with Crippen LogP contribution >= 0.6 is 0 Å². The first-order valence-electron chi connectivity index (χ1n) is 11.6. The highest BCUT2D eigenvalue weighted by atomic mass is 19.4. The molecule has 8 nitrogen and oxygen atoms in total. The van der Waals surface area contributed by atoms with Crippen LogP contribution in [0.15, 0.2) is 48.7 Å². The highest BCUT2D eigenvalue weighted by Gasteiger charge is 2.68. The molecule has 2 aromatic heterocycles. The zero-order valence-corrected chi connectivity index (χ0v) is 20.6. The van der Waals surface area contributed by atoms with Crippen LogP contribution in [0.5, 0.6) is 5.75 Å². The molecule has 0 saturated carbocycles. The van der Waals surface area contributed by atoms with E-state index in [1.165, 1.54) is 37.0 Å². The first-order valence-corrected chi connectivity index (χ1v) is 11.6. The molecular formula is C26H22F4N6O2. The summed E-state index contributed by atoms with van der Waals surface area (Å²) in [5.74, 6) is 0.0885. The molecule has 4 aromatic rings. The lowest BCUT2D eigenvalue weighted by atomic mass is 9.75. The van der Waals surface area contributed by atoms with E-state index < -0.39 is 36.2 Å². The number of nitriles is 1. The van der Waals surface area contributed by atoms with Gasteiger partial charge in [-0.3, -0.25) is 0 Å². The minimum Gasteiger partial charge on any atom is -0.496 e. The first kappa shape index (κ1) is 25.4. The lowest BCUT2D eigenvalue weighted by molar-refractivity contribution is -0.380. The van der Waals surface area contributed by atoms with Crippen molar-refractivity contribution in [1.82, 2.24) is 19.7 Å². The summed E-state index contributed by atoms with van der Waals surface area (Å²) in [5, 5.41) is 16.7. The number of hydrogen-bond donors (Lipinski definition) is 1. The van der Waals surface area contributed by atoms with Crippen molar-refractivity contribution in [1.29, 1.82) is 5.26 Å². The van der Waals surface area contributed by atoms with E-state index in [9.17, 15) is 22.8 Å².